The van der Waals surface area contributed by atoms with Gasteiger partial charge >= 0.3 is 17.9 Å². The van der Waals surface area contributed by atoms with E-state index in [2.05, 4.69) is 106 Å². The van der Waals surface area contributed by atoms with Gasteiger partial charge in [0.25, 0.3) is 0 Å². The smallest absolute Gasteiger partial charge is 0.306 e. The second-order valence-electron chi connectivity index (χ2n) is 22.7. The van der Waals surface area contributed by atoms with Gasteiger partial charge in [-0.2, -0.15) is 0 Å². The Kier molecular flexibility index (Phi) is 64.2. The molecule has 6 heteroatoms. The molecule has 0 radical (unpaired) electrons. The summed E-state index contributed by atoms with van der Waals surface area (Å²) in [6, 6.07) is 0. The van der Waals surface area contributed by atoms with E-state index in [0.29, 0.717) is 19.3 Å². The average Bonchev–Trinajstić information content (AvgIpc) is 3.45. The van der Waals surface area contributed by atoms with Crippen molar-refractivity contribution >= 4 is 17.9 Å². The molecule has 0 rings (SSSR count). The molecule has 1 atom stereocenters. The van der Waals surface area contributed by atoms with E-state index < -0.39 is 6.10 Å². The van der Waals surface area contributed by atoms with Crippen LogP contribution in [0, 0.1) is 0 Å². The molecule has 1 unspecified atom stereocenters. The van der Waals surface area contributed by atoms with Gasteiger partial charge in [0, 0.05) is 19.3 Å². The summed E-state index contributed by atoms with van der Waals surface area (Å²) in [5.41, 5.74) is 0. The van der Waals surface area contributed by atoms with Crippen LogP contribution >= 0.6 is 0 Å². The molecule has 456 valence electrons. The molecule has 0 saturated carbocycles. The van der Waals surface area contributed by atoms with E-state index in [1.54, 1.807) is 0 Å². The van der Waals surface area contributed by atoms with Crippen molar-refractivity contribution in [3.8, 4) is 0 Å². The third-order valence-electron chi connectivity index (χ3n) is 14.8. The Morgan fingerprint density at radius 1 is 0.266 bits per heavy atom. The summed E-state index contributed by atoms with van der Waals surface area (Å²) in [6.07, 6.45) is 89.1. The van der Waals surface area contributed by atoms with Gasteiger partial charge in [-0.1, -0.05) is 298 Å². The predicted molar refractivity (Wildman–Crippen MR) is 344 cm³/mol. The number of hydrogen-bond donors (Lipinski definition) is 0. The van der Waals surface area contributed by atoms with Crippen LogP contribution in [0.15, 0.2) is 85.1 Å². The lowest BCUT2D eigenvalue weighted by atomic mass is 10.0. The van der Waals surface area contributed by atoms with Crippen molar-refractivity contribution in [2.24, 2.45) is 0 Å². The number of ether oxygens (including phenoxy) is 3. The molecular formula is C73H128O6. The molecule has 0 N–H and O–H groups in total. The highest BCUT2D eigenvalue weighted by atomic mass is 16.6. The van der Waals surface area contributed by atoms with Gasteiger partial charge in [0.15, 0.2) is 6.10 Å². The van der Waals surface area contributed by atoms with Gasteiger partial charge in [0.1, 0.15) is 13.2 Å². The van der Waals surface area contributed by atoms with Crippen LogP contribution in [-0.2, 0) is 28.6 Å². The zero-order chi connectivity index (χ0) is 57.1. The van der Waals surface area contributed by atoms with Crippen LogP contribution in [0.3, 0.4) is 0 Å². The van der Waals surface area contributed by atoms with Crippen LogP contribution in [0.1, 0.15) is 342 Å². The summed E-state index contributed by atoms with van der Waals surface area (Å²) in [7, 11) is 0. The van der Waals surface area contributed by atoms with E-state index >= 15 is 0 Å². The lowest BCUT2D eigenvalue weighted by molar-refractivity contribution is -0.167. The van der Waals surface area contributed by atoms with Crippen LogP contribution in [0.4, 0.5) is 0 Å². The lowest BCUT2D eigenvalue weighted by Crippen LogP contribution is -2.30. The summed E-state index contributed by atoms with van der Waals surface area (Å²) in [5, 5.41) is 0. The molecule has 79 heavy (non-hydrogen) atoms. The molecule has 6 nitrogen and oxygen atoms in total. The second-order valence-corrected chi connectivity index (χ2v) is 22.7. The van der Waals surface area contributed by atoms with Gasteiger partial charge < -0.3 is 14.2 Å². The SMILES string of the molecule is CC/C=C\C/C=C\C/C=C\C/C=C\C/C=C\CCCCCCCCCCCCCCCCCCCCCC(=O)OCC(COC(=O)CCCCCCC/C=C\CCC)OC(=O)CCCCCCC/C=C\CCCCCCCCC. The minimum absolute atomic E-state index is 0.0780. The van der Waals surface area contributed by atoms with Crippen LogP contribution in [0.2, 0.25) is 0 Å². The molecular weight excluding hydrogens is 973 g/mol. The van der Waals surface area contributed by atoms with E-state index in [0.717, 1.165) is 116 Å². The van der Waals surface area contributed by atoms with Crippen molar-refractivity contribution in [1.82, 2.24) is 0 Å². The highest BCUT2D eigenvalue weighted by Crippen LogP contribution is 2.17. The number of rotatable bonds is 62. The normalized spacial score (nSPS) is 12.6. The Hall–Kier alpha value is -3.41. The molecule has 0 aliphatic carbocycles. The fourth-order valence-corrected chi connectivity index (χ4v) is 9.76. The Labute approximate surface area is 490 Å². The number of hydrogen-bond acceptors (Lipinski definition) is 6. The van der Waals surface area contributed by atoms with Crippen LogP contribution in [0.5, 0.6) is 0 Å². The Morgan fingerprint density at radius 2 is 0.519 bits per heavy atom. The third kappa shape index (κ3) is 65.3. The average molecular weight is 1100 g/mol. The number of carbonyl (C=O) groups is 3. The molecule has 0 amide bonds. The maximum atomic E-state index is 12.9. The molecule has 0 aromatic heterocycles. The topological polar surface area (TPSA) is 78.9 Å². The molecule has 0 aliphatic rings. The largest absolute Gasteiger partial charge is 0.462 e. The summed E-state index contributed by atoms with van der Waals surface area (Å²) < 4.78 is 16.9. The van der Waals surface area contributed by atoms with E-state index in [-0.39, 0.29) is 31.1 Å². The van der Waals surface area contributed by atoms with Crippen molar-refractivity contribution in [2.75, 3.05) is 13.2 Å². The van der Waals surface area contributed by atoms with Gasteiger partial charge in [-0.3, -0.25) is 14.4 Å². The van der Waals surface area contributed by atoms with Gasteiger partial charge in [-0.15, -0.1) is 0 Å². The van der Waals surface area contributed by atoms with Gasteiger partial charge in [0.05, 0.1) is 0 Å². The first-order valence-electron chi connectivity index (χ1n) is 34.1. The highest BCUT2D eigenvalue weighted by molar-refractivity contribution is 5.71. The molecule has 0 saturated heterocycles. The molecule has 0 spiro atoms. The van der Waals surface area contributed by atoms with Crippen LogP contribution in [0.25, 0.3) is 0 Å². The summed E-state index contributed by atoms with van der Waals surface area (Å²) in [5.74, 6) is -0.882. The van der Waals surface area contributed by atoms with Gasteiger partial charge in [0.2, 0.25) is 0 Å². The third-order valence-corrected chi connectivity index (χ3v) is 14.8. The molecule has 0 bridgehead atoms. The van der Waals surface area contributed by atoms with Crippen molar-refractivity contribution in [1.29, 1.82) is 0 Å². The van der Waals surface area contributed by atoms with E-state index in [1.807, 2.05) is 0 Å². The van der Waals surface area contributed by atoms with Crippen molar-refractivity contribution in [2.45, 2.75) is 348 Å². The van der Waals surface area contributed by atoms with Gasteiger partial charge in [-0.25, -0.2) is 0 Å². The summed E-state index contributed by atoms with van der Waals surface area (Å²) in [4.78, 5) is 38.2. The number of allylic oxidation sites excluding steroid dienone is 14. The summed E-state index contributed by atoms with van der Waals surface area (Å²) >= 11 is 0. The monoisotopic (exact) mass is 1100 g/mol. The van der Waals surface area contributed by atoms with E-state index in [1.165, 1.54) is 186 Å². The van der Waals surface area contributed by atoms with E-state index in [4.69, 9.17) is 14.2 Å². The Balaban J connectivity index is 4.06. The fourth-order valence-electron chi connectivity index (χ4n) is 9.76. The minimum Gasteiger partial charge on any atom is -0.462 e. The van der Waals surface area contributed by atoms with Crippen molar-refractivity contribution < 1.29 is 28.6 Å². The summed E-state index contributed by atoms with van der Waals surface area (Å²) in [6.45, 7) is 6.48. The first-order chi connectivity index (χ1) is 39.0. The first kappa shape index (κ1) is 75.6. The molecule has 0 fully saturated rings. The molecule has 0 aromatic carbocycles. The van der Waals surface area contributed by atoms with Crippen LogP contribution in [-0.4, -0.2) is 37.2 Å². The Morgan fingerprint density at radius 3 is 0.835 bits per heavy atom. The fraction of sp³-hybridized carbons (Fsp3) is 0.767. The van der Waals surface area contributed by atoms with Crippen molar-refractivity contribution in [3.63, 3.8) is 0 Å². The quantitative estimate of drug-likeness (QED) is 0.0261. The van der Waals surface area contributed by atoms with Crippen molar-refractivity contribution in [3.05, 3.63) is 85.1 Å². The van der Waals surface area contributed by atoms with Gasteiger partial charge in [-0.05, 0) is 109 Å². The minimum atomic E-state index is -0.781. The Bertz CT molecular complexity index is 1500. The predicted octanol–water partition coefficient (Wildman–Crippen LogP) is 23.4. The number of unbranched alkanes of at least 4 members (excludes halogenated alkanes) is 37. The van der Waals surface area contributed by atoms with Crippen LogP contribution < -0.4 is 0 Å². The zero-order valence-electron chi connectivity index (χ0n) is 52.4. The number of carbonyl (C=O) groups excluding carboxylic acids is 3. The maximum Gasteiger partial charge on any atom is 0.306 e. The first-order valence-corrected chi connectivity index (χ1v) is 34.1. The molecule has 0 aromatic rings. The van der Waals surface area contributed by atoms with E-state index in [9.17, 15) is 14.4 Å². The highest BCUT2D eigenvalue weighted by Gasteiger charge is 2.19. The standard InChI is InChI=1S/C73H128O6/c1-4-7-10-13-16-19-22-24-26-28-29-30-31-32-33-34-35-36-37-38-39-40-41-42-43-44-45-46-48-49-51-54-57-60-63-66-72(75)78-69-70(68-77-71(74)65-62-59-56-53-21-18-15-12-9-6-3)79-73(76)67-64-61-58-55-52-50-47-27-25-23-20-17-14-11-8-5-2/h7,10,12,15-16,19,24,26-27,29-30,32-33,47,70H,4-6,8-9,11,13-14,17-18,20-23,25,28,31,34-46,48-69H2,1-3H3/b10-7-,15-12-,19-16-,26-24-,30-29-,33-32-,47-27-. The lowest BCUT2D eigenvalue weighted by Gasteiger charge is -2.18. The second kappa shape index (κ2) is 67.1. The number of esters is 3. The molecule has 0 heterocycles. The molecule has 0 aliphatic heterocycles. The maximum absolute atomic E-state index is 12.9. The zero-order valence-corrected chi connectivity index (χ0v) is 52.4.